The Balaban J connectivity index is 1.72. The molecule has 1 N–H and O–H groups in total. The number of hydrogen-bond donors (Lipinski definition) is 1. The highest BCUT2D eigenvalue weighted by molar-refractivity contribution is 6.33. The van der Waals surface area contributed by atoms with Gasteiger partial charge in [-0.05, 0) is 40.8 Å². The van der Waals surface area contributed by atoms with E-state index >= 15 is 0 Å². The summed E-state index contributed by atoms with van der Waals surface area (Å²) in [7, 11) is 0. The molecule has 0 aromatic heterocycles. The van der Waals surface area contributed by atoms with E-state index in [1.165, 1.54) is 5.56 Å². The number of nitrogens with one attached hydrogen (secondary N) is 1. The first-order valence-electron chi connectivity index (χ1n) is 8.30. The van der Waals surface area contributed by atoms with Crippen LogP contribution in [0.1, 0.15) is 22.3 Å². The van der Waals surface area contributed by atoms with Crippen LogP contribution in [-0.2, 0) is 25.8 Å². The Hall–Kier alpha value is -3.02. The van der Waals surface area contributed by atoms with Crippen molar-refractivity contribution in [2.45, 2.75) is 25.8 Å². The Bertz CT molecular complexity index is 926. The normalized spacial score (nSPS) is 12.7. The molecule has 1 heterocycles. The molecule has 1 aliphatic heterocycles. The smallest absolute Gasteiger partial charge is 0.320 e. The van der Waals surface area contributed by atoms with Crippen LogP contribution in [0.25, 0.3) is 0 Å². The van der Waals surface area contributed by atoms with Crippen molar-refractivity contribution in [3.63, 3.8) is 0 Å². The van der Waals surface area contributed by atoms with Gasteiger partial charge in [0.15, 0.2) is 0 Å². The van der Waals surface area contributed by atoms with E-state index in [1.54, 1.807) is 23.1 Å². The summed E-state index contributed by atoms with van der Waals surface area (Å²) in [5.41, 5.74) is 4.64. The molecule has 130 valence electrons. The van der Waals surface area contributed by atoms with Gasteiger partial charge in [0.25, 0.3) is 0 Å². The third kappa shape index (κ3) is 3.79. The van der Waals surface area contributed by atoms with Crippen LogP contribution in [0.5, 0.6) is 0 Å². The lowest BCUT2D eigenvalue weighted by molar-refractivity contribution is 0.206. The fraction of sp³-hybridized carbons (Fsp3) is 0.250. The van der Waals surface area contributed by atoms with Gasteiger partial charge in [0.05, 0.1) is 35.7 Å². The molecule has 0 saturated carbocycles. The highest BCUT2D eigenvalue weighted by atomic mass is 35.5. The average Bonchev–Trinajstić information content (AvgIpc) is 2.64. The van der Waals surface area contributed by atoms with Crippen LogP contribution in [0.3, 0.4) is 0 Å². The second-order valence-corrected chi connectivity index (χ2v) is 6.55. The minimum atomic E-state index is -0.212. The van der Waals surface area contributed by atoms with Gasteiger partial charge in [-0.3, -0.25) is 0 Å². The van der Waals surface area contributed by atoms with Crippen molar-refractivity contribution < 1.29 is 4.79 Å². The maximum atomic E-state index is 12.6. The summed E-state index contributed by atoms with van der Waals surface area (Å²) < 4.78 is 0. The highest BCUT2D eigenvalue weighted by Crippen LogP contribution is 2.26. The minimum absolute atomic E-state index is 0.212. The molecule has 0 bridgehead atoms. The van der Waals surface area contributed by atoms with Gasteiger partial charge in [-0.1, -0.05) is 35.9 Å². The predicted octanol–water partition coefficient (Wildman–Crippen LogP) is 4.06. The van der Waals surface area contributed by atoms with Crippen molar-refractivity contribution in [1.82, 2.24) is 4.90 Å². The van der Waals surface area contributed by atoms with Crippen LogP contribution >= 0.6 is 11.6 Å². The number of amides is 2. The van der Waals surface area contributed by atoms with Crippen LogP contribution in [0.4, 0.5) is 10.5 Å². The summed E-state index contributed by atoms with van der Waals surface area (Å²) in [4.78, 5) is 14.3. The Morgan fingerprint density at radius 1 is 1.19 bits per heavy atom. The molecule has 6 heteroatoms. The molecule has 0 fully saturated rings. The number of rotatable bonds is 3. The standard InChI is InChI=1S/C20H17ClN4O/c21-18-12-14(6-9-22)4-5-19(18)24-20(26)25-11-8-17-15(7-10-23)2-1-3-16(17)13-25/h1-5,12H,6-8,11,13H2,(H,24,26). The molecule has 0 spiro atoms. The molecular formula is C20H17ClN4O. The molecule has 0 atom stereocenters. The molecule has 0 aliphatic carbocycles. The van der Waals surface area contributed by atoms with E-state index in [2.05, 4.69) is 17.5 Å². The van der Waals surface area contributed by atoms with Gasteiger partial charge in [0.1, 0.15) is 0 Å². The van der Waals surface area contributed by atoms with Crippen molar-refractivity contribution in [2.75, 3.05) is 11.9 Å². The minimum Gasteiger partial charge on any atom is -0.320 e. The summed E-state index contributed by atoms with van der Waals surface area (Å²) in [5, 5.41) is 20.9. The third-order valence-electron chi connectivity index (χ3n) is 4.48. The van der Waals surface area contributed by atoms with Gasteiger partial charge in [-0.15, -0.1) is 0 Å². The predicted molar refractivity (Wildman–Crippen MR) is 99.7 cm³/mol. The molecule has 0 unspecified atom stereocenters. The molecule has 2 aromatic rings. The van der Waals surface area contributed by atoms with Gasteiger partial charge >= 0.3 is 6.03 Å². The summed E-state index contributed by atoms with van der Waals surface area (Å²) in [6, 6.07) is 15.1. The first kappa shape index (κ1) is 17.8. The van der Waals surface area contributed by atoms with Gasteiger partial charge in [0.2, 0.25) is 0 Å². The van der Waals surface area contributed by atoms with Crippen LogP contribution < -0.4 is 5.32 Å². The molecule has 2 amide bonds. The van der Waals surface area contributed by atoms with E-state index in [0.29, 0.717) is 30.2 Å². The van der Waals surface area contributed by atoms with E-state index in [4.69, 9.17) is 22.1 Å². The lowest BCUT2D eigenvalue weighted by Gasteiger charge is -2.30. The molecular weight excluding hydrogens is 348 g/mol. The lowest BCUT2D eigenvalue weighted by Crippen LogP contribution is -2.39. The quantitative estimate of drug-likeness (QED) is 0.891. The summed E-state index contributed by atoms with van der Waals surface area (Å²) in [6.07, 6.45) is 1.40. The van der Waals surface area contributed by atoms with Crippen molar-refractivity contribution in [2.24, 2.45) is 0 Å². The zero-order valence-corrected chi connectivity index (χ0v) is 14.9. The Morgan fingerprint density at radius 3 is 2.73 bits per heavy atom. The number of hydrogen-bond acceptors (Lipinski definition) is 3. The monoisotopic (exact) mass is 364 g/mol. The zero-order chi connectivity index (χ0) is 18.5. The highest BCUT2D eigenvalue weighted by Gasteiger charge is 2.22. The van der Waals surface area contributed by atoms with Crippen molar-refractivity contribution in [3.8, 4) is 12.1 Å². The molecule has 0 radical (unpaired) electrons. The number of nitriles is 2. The zero-order valence-electron chi connectivity index (χ0n) is 14.1. The number of fused-ring (bicyclic) bond motifs is 1. The first-order chi connectivity index (χ1) is 12.6. The van der Waals surface area contributed by atoms with E-state index in [-0.39, 0.29) is 12.5 Å². The van der Waals surface area contributed by atoms with Crippen LogP contribution in [0, 0.1) is 22.7 Å². The van der Waals surface area contributed by atoms with Gasteiger partial charge in [-0.2, -0.15) is 10.5 Å². The summed E-state index contributed by atoms with van der Waals surface area (Å²) in [6.45, 7) is 1.09. The van der Waals surface area contributed by atoms with E-state index < -0.39 is 0 Å². The second kappa shape index (κ2) is 7.91. The Kier molecular flexibility index (Phi) is 5.41. The molecule has 2 aromatic carbocycles. The summed E-state index contributed by atoms with van der Waals surface area (Å²) in [5.74, 6) is 0. The second-order valence-electron chi connectivity index (χ2n) is 6.14. The largest absolute Gasteiger partial charge is 0.322 e. The van der Waals surface area contributed by atoms with Crippen molar-refractivity contribution in [3.05, 3.63) is 63.7 Å². The SMILES string of the molecule is N#CCc1ccc(NC(=O)N2CCc3c(CC#N)cccc3C2)c(Cl)c1. The maximum Gasteiger partial charge on any atom is 0.322 e. The molecule has 3 rings (SSSR count). The molecule has 0 saturated heterocycles. The molecule has 1 aliphatic rings. The number of nitrogens with zero attached hydrogens (tertiary/aromatic N) is 3. The average molecular weight is 365 g/mol. The van der Waals surface area contributed by atoms with E-state index in [0.717, 1.165) is 23.1 Å². The van der Waals surface area contributed by atoms with Crippen molar-refractivity contribution in [1.29, 1.82) is 10.5 Å². The fourth-order valence-corrected chi connectivity index (χ4v) is 3.42. The Morgan fingerprint density at radius 2 is 2.00 bits per heavy atom. The molecule has 5 nitrogen and oxygen atoms in total. The van der Waals surface area contributed by atoms with E-state index in [9.17, 15) is 4.79 Å². The number of anilines is 1. The third-order valence-corrected chi connectivity index (χ3v) is 4.79. The van der Waals surface area contributed by atoms with Crippen molar-refractivity contribution >= 4 is 23.3 Å². The number of benzene rings is 2. The number of urea groups is 1. The topological polar surface area (TPSA) is 79.9 Å². The van der Waals surface area contributed by atoms with Crippen LogP contribution in [-0.4, -0.2) is 17.5 Å². The number of carbonyl (C=O) groups is 1. The maximum absolute atomic E-state index is 12.6. The van der Waals surface area contributed by atoms with Gasteiger partial charge in [0, 0.05) is 13.1 Å². The van der Waals surface area contributed by atoms with Gasteiger partial charge < -0.3 is 10.2 Å². The fourth-order valence-electron chi connectivity index (χ4n) is 3.17. The Labute approximate surface area is 157 Å². The van der Waals surface area contributed by atoms with Crippen LogP contribution in [0.2, 0.25) is 5.02 Å². The number of halogens is 1. The van der Waals surface area contributed by atoms with Crippen LogP contribution in [0.15, 0.2) is 36.4 Å². The van der Waals surface area contributed by atoms with Gasteiger partial charge in [-0.25, -0.2) is 4.79 Å². The molecule has 26 heavy (non-hydrogen) atoms. The van der Waals surface area contributed by atoms with E-state index in [1.807, 2.05) is 18.2 Å². The lowest BCUT2D eigenvalue weighted by atomic mass is 9.93. The first-order valence-corrected chi connectivity index (χ1v) is 8.68. The number of carbonyl (C=O) groups excluding carboxylic acids is 1. The summed E-state index contributed by atoms with van der Waals surface area (Å²) >= 11 is 6.21.